The van der Waals surface area contributed by atoms with Crippen molar-refractivity contribution < 1.29 is 84.2 Å². The van der Waals surface area contributed by atoms with E-state index in [-0.39, 0.29) is 19.6 Å². The summed E-state index contributed by atoms with van der Waals surface area (Å²) < 4.78 is 202. The van der Waals surface area contributed by atoms with Crippen LogP contribution in [0.5, 0.6) is 0 Å². The summed E-state index contributed by atoms with van der Waals surface area (Å²) in [6, 6.07) is 0.578. The van der Waals surface area contributed by atoms with Crippen molar-refractivity contribution in [1.29, 1.82) is 0 Å². The zero-order valence-electron chi connectivity index (χ0n) is 23.3. The number of halogens is 14. The number of hydrogen-bond acceptors (Lipinski definition) is 5. The predicted molar refractivity (Wildman–Crippen MR) is 128 cm³/mol. The van der Waals surface area contributed by atoms with E-state index >= 15 is 0 Å². The quantitative estimate of drug-likeness (QED) is 0.0786. The van der Waals surface area contributed by atoms with Crippen LogP contribution in [-0.4, -0.2) is 94.2 Å². The van der Waals surface area contributed by atoms with E-state index in [2.05, 4.69) is 9.47 Å². The molecule has 0 spiro atoms. The Morgan fingerprint density at radius 3 is 1.64 bits per heavy atom. The monoisotopic (exact) mass is 704 g/mol. The number of alkyl halides is 14. The summed E-state index contributed by atoms with van der Waals surface area (Å²) in [6.45, 7) is 5.42. The third kappa shape index (κ3) is 13.6. The highest BCUT2D eigenvalue weighted by atomic mass is 29.3. The highest BCUT2D eigenvalue weighted by Crippen LogP contribution is 2.51. The van der Waals surface area contributed by atoms with E-state index in [1.807, 2.05) is 19.6 Å². The molecule has 0 radical (unpaired) electrons. The summed E-state index contributed by atoms with van der Waals surface area (Å²) in [5.74, 6) is -12.8. The zero-order valence-corrected chi connectivity index (χ0v) is 26.4. The van der Waals surface area contributed by atoms with Crippen LogP contribution >= 0.6 is 0 Å². The summed E-state index contributed by atoms with van der Waals surface area (Å²) in [5, 5.41) is 0. The van der Waals surface area contributed by atoms with E-state index in [0.29, 0.717) is 12.5 Å². The molecule has 0 fully saturated rings. The van der Waals surface area contributed by atoms with Crippen molar-refractivity contribution in [1.82, 2.24) is 0 Å². The van der Waals surface area contributed by atoms with Crippen LogP contribution in [0.4, 0.5) is 61.5 Å². The number of rotatable bonds is 19. The molecule has 5 nitrogen and oxygen atoms in total. The van der Waals surface area contributed by atoms with Crippen molar-refractivity contribution >= 4 is 24.7 Å². The van der Waals surface area contributed by atoms with Gasteiger partial charge in [-0.05, 0) is 51.6 Å². The molecule has 254 valence electrons. The van der Waals surface area contributed by atoms with Crippen molar-refractivity contribution in [2.75, 3.05) is 33.0 Å². The molecule has 2 unspecified atom stereocenters. The fourth-order valence-corrected chi connectivity index (χ4v) is 16.8. The Kier molecular flexibility index (Phi) is 15.0. The molecule has 2 atom stereocenters. The van der Waals surface area contributed by atoms with Gasteiger partial charge in [0.1, 0.15) is 6.61 Å². The maximum Gasteiger partial charge on any atom is 0.462 e. The van der Waals surface area contributed by atoms with Gasteiger partial charge in [-0.2, -0.15) is 61.5 Å². The second-order valence-corrected chi connectivity index (χ2v) is 26.7. The molecule has 0 aliphatic carbocycles. The molecule has 0 aromatic rings. The van der Waals surface area contributed by atoms with Gasteiger partial charge in [0.25, 0.3) is 0 Å². The Labute approximate surface area is 236 Å². The molecule has 42 heavy (non-hydrogen) atoms. The summed E-state index contributed by atoms with van der Waals surface area (Å²) >= 11 is 0. The van der Waals surface area contributed by atoms with Gasteiger partial charge in [-0.25, -0.2) is 0 Å². The van der Waals surface area contributed by atoms with Gasteiger partial charge in [-0.3, -0.25) is 4.74 Å². The third-order valence-electron chi connectivity index (χ3n) is 5.70. The molecule has 0 saturated heterocycles. The fourth-order valence-electron chi connectivity index (χ4n) is 2.99. The van der Waals surface area contributed by atoms with Crippen molar-refractivity contribution in [3.05, 3.63) is 0 Å². The maximum atomic E-state index is 14.1. The lowest BCUT2D eigenvalue weighted by Crippen LogP contribution is -2.60. The van der Waals surface area contributed by atoms with Gasteiger partial charge in [-0.15, -0.1) is 0 Å². The highest BCUT2D eigenvalue weighted by molar-refractivity contribution is 7.27. The van der Waals surface area contributed by atoms with Crippen molar-refractivity contribution in [2.45, 2.75) is 94.5 Å². The van der Waals surface area contributed by atoms with E-state index in [1.54, 1.807) is 13.1 Å². The van der Waals surface area contributed by atoms with Crippen LogP contribution in [0.2, 0.25) is 38.8 Å². The Morgan fingerprint density at radius 2 is 1.17 bits per heavy atom. The number of ether oxygens (including phenoxy) is 3. The van der Waals surface area contributed by atoms with Gasteiger partial charge in [0.05, 0.1) is 13.0 Å². The Hall–Kier alpha value is -0.529. The van der Waals surface area contributed by atoms with E-state index < -0.39 is 87.4 Å². The minimum Gasteiger partial charge on any atom is -0.458 e. The van der Waals surface area contributed by atoms with Crippen LogP contribution < -0.4 is 0 Å². The lowest BCUT2D eigenvalue weighted by Gasteiger charge is -2.35. The largest absolute Gasteiger partial charge is 0.462 e. The number of hydrogen-bond donors (Lipinski definition) is 0. The normalized spacial score (nSPS) is 16.9. The molecule has 0 aliphatic rings. The van der Waals surface area contributed by atoms with Crippen LogP contribution in [0.3, 0.4) is 0 Å². The van der Waals surface area contributed by atoms with Crippen molar-refractivity contribution in [3.63, 3.8) is 0 Å². The molecule has 0 rings (SSSR count). The first-order valence-corrected chi connectivity index (χ1v) is 21.8. The lowest BCUT2D eigenvalue weighted by atomic mass is 10.2. The van der Waals surface area contributed by atoms with Gasteiger partial charge >= 0.3 is 36.4 Å². The summed E-state index contributed by atoms with van der Waals surface area (Å²) in [4.78, 5) is 0. The van der Waals surface area contributed by atoms with Gasteiger partial charge in [-0.1, -0.05) is 0 Å². The summed E-state index contributed by atoms with van der Waals surface area (Å²) in [7, 11) is -6.81. The Morgan fingerprint density at radius 1 is 0.643 bits per heavy atom. The van der Waals surface area contributed by atoms with E-state index in [4.69, 9.17) is 13.3 Å². The van der Waals surface area contributed by atoms with Crippen molar-refractivity contribution in [2.24, 2.45) is 0 Å². The Balaban J connectivity index is 4.78. The minimum absolute atomic E-state index is 0.116. The lowest BCUT2D eigenvalue weighted by molar-refractivity contribution is -0.486. The standard InChI is InChI=1S/C20H34F14O5Si3/c1-40(39-41(2,3)13-7-10-35-12-8-16(22,23)24)42(4,5)37-11-6-9-36-14-15(21,18(27,28)29)38-20(33,34)17(25,26)19(30,31)32/h40H,6-14H2,1-5H3. The van der Waals surface area contributed by atoms with Crippen LogP contribution in [0.15, 0.2) is 0 Å². The third-order valence-corrected chi connectivity index (χ3v) is 21.6. The molecule has 0 heterocycles. The molecule has 0 aliphatic heterocycles. The van der Waals surface area contributed by atoms with Gasteiger partial charge < -0.3 is 18.0 Å². The second-order valence-electron chi connectivity index (χ2n) is 10.4. The molecule has 0 aromatic carbocycles. The summed E-state index contributed by atoms with van der Waals surface area (Å²) in [6.07, 6.45) is -25.6. The average Bonchev–Trinajstić information content (AvgIpc) is 2.75. The maximum absolute atomic E-state index is 14.1. The first-order chi connectivity index (χ1) is 18.5. The molecule has 0 aromatic heterocycles. The highest BCUT2D eigenvalue weighted by Gasteiger charge is 2.78. The zero-order chi connectivity index (χ0) is 33.5. The first-order valence-electron chi connectivity index (χ1n) is 12.3. The minimum atomic E-state index is -7.14. The average molecular weight is 705 g/mol. The van der Waals surface area contributed by atoms with E-state index in [1.165, 1.54) is 0 Å². The van der Waals surface area contributed by atoms with Crippen LogP contribution in [0.1, 0.15) is 19.3 Å². The van der Waals surface area contributed by atoms with Gasteiger partial charge in [0, 0.05) is 19.8 Å². The molecule has 0 bridgehead atoms. The van der Waals surface area contributed by atoms with Crippen LogP contribution in [0, 0.1) is 0 Å². The molecule has 22 heteroatoms. The van der Waals surface area contributed by atoms with E-state index in [0.717, 1.165) is 0 Å². The Bertz CT molecular complexity index is 809. The smallest absolute Gasteiger partial charge is 0.458 e. The predicted octanol–water partition coefficient (Wildman–Crippen LogP) is 7.66. The van der Waals surface area contributed by atoms with Crippen LogP contribution in [0.25, 0.3) is 0 Å². The summed E-state index contributed by atoms with van der Waals surface area (Å²) in [5.41, 5.74) is 0. The molecule has 0 amide bonds. The first kappa shape index (κ1) is 41.5. The molecule has 0 saturated carbocycles. The fraction of sp³-hybridized carbons (Fsp3) is 1.00. The van der Waals surface area contributed by atoms with Crippen molar-refractivity contribution in [3.8, 4) is 0 Å². The van der Waals surface area contributed by atoms with Crippen LogP contribution in [-0.2, 0) is 22.8 Å². The van der Waals surface area contributed by atoms with E-state index in [9.17, 15) is 61.5 Å². The molecule has 0 N–H and O–H groups in total. The topological polar surface area (TPSA) is 46.2 Å². The van der Waals surface area contributed by atoms with Gasteiger partial charge in [0.2, 0.25) is 0 Å². The molecular weight excluding hydrogens is 670 g/mol. The second kappa shape index (κ2) is 15.2. The molecular formula is C20H34F14O5Si3. The van der Waals surface area contributed by atoms with Gasteiger partial charge in [0.15, 0.2) is 24.7 Å². The SMILES string of the molecule is C[SiH](O[Si](C)(C)CCCOCCC(F)(F)F)[Si](C)(C)OCCCOCC(F)(OC(F)(F)C(F)(F)C(F)(F)F)C(F)(F)F.